The van der Waals surface area contributed by atoms with Crippen molar-refractivity contribution in [1.82, 2.24) is 15.6 Å². The van der Waals surface area contributed by atoms with E-state index >= 15 is 0 Å². The van der Waals surface area contributed by atoms with E-state index in [0.717, 1.165) is 33.6 Å². The number of aliphatic imine (C=N–C) groups is 1. The van der Waals surface area contributed by atoms with E-state index in [-0.39, 0.29) is 30.5 Å². The molecule has 0 unspecified atom stereocenters. The van der Waals surface area contributed by atoms with Crippen LogP contribution in [0.25, 0.3) is 0 Å². The molecule has 2 aromatic carbocycles. The van der Waals surface area contributed by atoms with Gasteiger partial charge in [0.05, 0.1) is 6.54 Å². The summed E-state index contributed by atoms with van der Waals surface area (Å²) in [7, 11) is 1.60. The van der Waals surface area contributed by atoms with Crippen LogP contribution in [0.1, 0.15) is 21.8 Å². The number of halogens is 4. The largest absolute Gasteiger partial charge is 0.489 e. The summed E-state index contributed by atoms with van der Waals surface area (Å²) in [5.41, 5.74) is 1.19. The number of nitrogens with zero attached hydrogens (tertiary/aromatic N) is 2. The number of hydrogen-bond acceptors (Lipinski definition) is 4. The molecule has 31 heavy (non-hydrogen) atoms. The standard InChI is InChI=1S/C21H21F3N4OS.HI/c1-25-20(27-12-19-28-18(14-30-19)21(22,23)24)26-11-15-6-5-7-16(10-15)13-29-17-8-3-2-4-9-17;/h2-10,14H,11-13H2,1H3,(H2,25,26,27);1H. The summed E-state index contributed by atoms with van der Waals surface area (Å²) < 4.78 is 43.7. The third kappa shape index (κ3) is 8.02. The van der Waals surface area contributed by atoms with Crippen molar-refractivity contribution in [3.8, 4) is 5.75 Å². The molecule has 0 aliphatic rings. The second kappa shape index (κ2) is 11.9. The fraction of sp³-hybridized carbons (Fsp3) is 0.238. The molecule has 0 spiro atoms. The van der Waals surface area contributed by atoms with Crippen molar-refractivity contribution in [2.75, 3.05) is 7.05 Å². The molecular formula is C21H22F3IN4OS. The van der Waals surface area contributed by atoms with Gasteiger partial charge in [-0.25, -0.2) is 4.98 Å². The Balaban J connectivity index is 0.00000341. The average molecular weight is 562 g/mol. The summed E-state index contributed by atoms with van der Waals surface area (Å²) in [6, 6.07) is 17.5. The molecule has 1 aromatic heterocycles. The molecule has 3 rings (SSSR count). The van der Waals surface area contributed by atoms with Gasteiger partial charge >= 0.3 is 6.18 Å². The van der Waals surface area contributed by atoms with Gasteiger partial charge in [-0.1, -0.05) is 42.5 Å². The van der Waals surface area contributed by atoms with Crippen LogP contribution in [0.15, 0.2) is 65.0 Å². The maximum Gasteiger partial charge on any atom is 0.434 e. The zero-order valence-electron chi connectivity index (χ0n) is 16.6. The molecule has 0 aliphatic heterocycles. The molecule has 2 N–H and O–H groups in total. The molecule has 3 aromatic rings. The lowest BCUT2D eigenvalue weighted by molar-refractivity contribution is -0.140. The van der Waals surface area contributed by atoms with Crippen LogP contribution in [-0.2, 0) is 25.9 Å². The van der Waals surface area contributed by atoms with Gasteiger partial charge < -0.3 is 15.4 Å². The van der Waals surface area contributed by atoms with Gasteiger partial charge in [0.2, 0.25) is 0 Å². The van der Waals surface area contributed by atoms with Gasteiger partial charge in [-0.3, -0.25) is 4.99 Å². The summed E-state index contributed by atoms with van der Waals surface area (Å²) in [6.45, 7) is 1.12. The Bertz CT molecular complexity index is 980. The second-order valence-corrected chi connectivity index (χ2v) is 7.27. The molecule has 0 amide bonds. The average Bonchev–Trinajstić information content (AvgIpc) is 3.23. The van der Waals surface area contributed by atoms with Crippen molar-refractivity contribution in [3.05, 3.63) is 81.8 Å². The Labute approximate surface area is 199 Å². The van der Waals surface area contributed by atoms with Crippen molar-refractivity contribution in [2.45, 2.75) is 25.9 Å². The SMILES string of the molecule is CN=C(NCc1cccc(COc2ccccc2)c1)NCc1nc(C(F)(F)F)cs1.I. The van der Waals surface area contributed by atoms with Gasteiger partial charge in [0.1, 0.15) is 17.4 Å². The summed E-state index contributed by atoms with van der Waals surface area (Å²) in [5, 5.41) is 7.47. The highest BCUT2D eigenvalue weighted by Gasteiger charge is 2.33. The molecule has 0 saturated heterocycles. The Hall–Kier alpha value is -2.34. The quantitative estimate of drug-likeness (QED) is 0.236. The maximum absolute atomic E-state index is 12.6. The van der Waals surface area contributed by atoms with Crippen molar-refractivity contribution in [2.24, 2.45) is 4.99 Å². The van der Waals surface area contributed by atoms with E-state index in [1.807, 2.05) is 54.6 Å². The fourth-order valence-corrected chi connectivity index (χ4v) is 3.34. The number of nitrogens with one attached hydrogen (secondary N) is 2. The van der Waals surface area contributed by atoms with Gasteiger partial charge in [0.25, 0.3) is 0 Å². The molecule has 0 bridgehead atoms. The molecule has 166 valence electrons. The first kappa shape index (κ1) is 24.9. The molecule has 0 saturated carbocycles. The number of aromatic nitrogens is 1. The third-order valence-corrected chi connectivity index (χ3v) is 4.92. The van der Waals surface area contributed by atoms with Crippen LogP contribution in [0.4, 0.5) is 13.2 Å². The minimum Gasteiger partial charge on any atom is -0.489 e. The van der Waals surface area contributed by atoms with E-state index in [2.05, 4.69) is 20.6 Å². The Morgan fingerprint density at radius 3 is 2.42 bits per heavy atom. The third-order valence-electron chi connectivity index (χ3n) is 4.07. The first-order chi connectivity index (χ1) is 14.4. The lowest BCUT2D eigenvalue weighted by Gasteiger charge is -2.12. The number of para-hydroxylation sites is 1. The summed E-state index contributed by atoms with van der Waals surface area (Å²) in [4.78, 5) is 7.69. The second-order valence-electron chi connectivity index (χ2n) is 6.33. The van der Waals surface area contributed by atoms with Crippen LogP contribution in [0.5, 0.6) is 5.75 Å². The highest BCUT2D eigenvalue weighted by molar-refractivity contribution is 14.0. The van der Waals surface area contributed by atoms with Gasteiger partial charge in [0, 0.05) is 19.0 Å². The molecule has 0 atom stereocenters. The summed E-state index contributed by atoms with van der Waals surface area (Å²) >= 11 is 0.959. The fourth-order valence-electron chi connectivity index (χ4n) is 2.60. The molecule has 0 radical (unpaired) electrons. The van der Waals surface area contributed by atoms with Gasteiger partial charge in [-0.2, -0.15) is 13.2 Å². The number of guanidine groups is 1. The summed E-state index contributed by atoms with van der Waals surface area (Å²) in [6.07, 6.45) is -4.43. The minimum absolute atomic E-state index is 0. The van der Waals surface area contributed by atoms with E-state index in [1.165, 1.54) is 0 Å². The van der Waals surface area contributed by atoms with E-state index in [9.17, 15) is 13.2 Å². The van der Waals surface area contributed by atoms with Crippen molar-refractivity contribution < 1.29 is 17.9 Å². The first-order valence-electron chi connectivity index (χ1n) is 9.16. The normalized spacial score (nSPS) is 11.5. The smallest absolute Gasteiger partial charge is 0.434 e. The lowest BCUT2D eigenvalue weighted by atomic mass is 10.1. The number of alkyl halides is 3. The molecule has 10 heteroatoms. The van der Waals surface area contributed by atoms with Crippen LogP contribution < -0.4 is 15.4 Å². The van der Waals surface area contributed by atoms with Gasteiger partial charge in [-0.05, 0) is 23.3 Å². The van der Waals surface area contributed by atoms with E-state index in [4.69, 9.17) is 4.74 Å². The van der Waals surface area contributed by atoms with Crippen LogP contribution in [0.2, 0.25) is 0 Å². The molecule has 0 fully saturated rings. The Morgan fingerprint density at radius 1 is 1.03 bits per heavy atom. The predicted octanol–water partition coefficient (Wildman–Crippen LogP) is 5.22. The minimum atomic E-state index is -4.43. The molecular weight excluding hydrogens is 540 g/mol. The van der Waals surface area contributed by atoms with E-state index in [0.29, 0.717) is 24.1 Å². The number of benzene rings is 2. The zero-order valence-corrected chi connectivity index (χ0v) is 19.8. The van der Waals surface area contributed by atoms with Crippen LogP contribution in [0, 0.1) is 0 Å². The van der Waals surface area contributed by atoms with E-state index < -0.39 is 11.9 Å². The van der Waals surface area contributed by atoms with Crippen LogP contribution in [0.3, 0.4) is 0 Å². The topological polar surface area (TPSA) is 58.5 Å². The Morgan fingerprint density at radius 2 is 1.74 bits per heavy atom. The van der Waals surface area contributed by atoms with Gasteiger partial charge in [-0.15, -0.1) is 35.3 Å². The summed E-state index contributed by atoms with van der Waals surface area (Å²) in [5.74, 6) is 1.28. The van der Waals surface area contributed by atoms with Gasteiger partial charge in [0.15, 0.2) is 11.7 Å². The van der Waals surface area contributed by atoms with Crippen molar-refractivity contribution in [3.63, 3.8) is 0 Å². The molecule has 0 aliphatic carbocycles. The molecule has 5 nitrogen and oxygen atoms in total. The number of rotatable bonds is 7. The molecule has 1 heterocycles. The Kier molecular flexibility index (Phi) is 9.56. The van der Waals surface area contributed by atoms with Crippen molar-refractivity contribution in [1.29, 1.82) is 0 Å². The monoisotopic (exact) mass is 562 g/mol. The van der Waals surface area contributed by atoms with Crippen molar-refractivity contribution >= 4 is 41.3 Å². The van der Waals surface area contributed by atoms with Crippen LogP contribution in [-0.4, -0.2) is 18.0 Å². The number of hydrogen-bond donors (Lipinski definition) is 2. The zero-order chi connectivity index (χ0) is 21.4. The van der Waals surface area contributed by atoms with E-state index in [1.54, 1.807) is 7.05 Å². The lowest BCUT2D eigenvalue weighted by Crippen LogP contribution is -2.36. The van der Waals surface area contributed by atoms with Crippen LogP contribution >= 0.6 is 35.3 Å². The number of thiazole rings is 1. The highest BCUT2D eigenvalue weighted by atomic mass is 127. The predicted molar refractivity (Wildman–Crippen MR) is 127 cm³/mol. The highest BCUT2D eigenvalue weighted by Crippen LogP contribution is 2.29. The first-order valence-corrected chi connectivity index (χ1v) is 10.0. The number of ether oxygens (including phenoxy) is 1. The maximum atomic E-state index is 12.6.